The van der Waals surface area contributed by atoms with Crippen molar-refractivity contribution in [2.75, 3.05) is 0 Å². The Bertz CT molecular complexity index is 168. The van der Waals surface area contributed by atoms with Crippen LogP contribution in [0.25, 0.3) is 0 Å². The number of hydrogen-bond acceptors (Lipinski definition) is 2. The summed E-state index contributed by atoms with van der Waals surface area (Å²) >= 11 is 0. The fourth-order valence-electron chi connectivity index (χ4n) is 1.74. The van der Waals surface area contributed by atoms with Gasteiger partial charge in [0.2, 0.25) is 0 Å². The van der Waals surface area contributed by atoms with Gasteiger partial charge in [-0.3, -0.25) is 0 Å². The van der Waals surface area contributed by atoms with E-state index in [0.717, 1.165) is 12.8 Å². The van der Waals surface area contributed by atoms with Gasteiger partial charge in [0.05, 0.1) is 5.70 Å². The van der Waals surface area contributed by atoms with Gasteiger partial charge in [0.25, 0.3) is 0 Å². The summed E-state index contributed by atoms with van der Waals surface area (Å²) < 4.78 is 5.68. The molecule has 2 heteroatoms. The Kier molecular flexibility index (Phi) is 1.76. The van der Waals surface area contributed by atoms with Gasteiger partial charge in [-0.1, -0.05) is 6.92 Å². The Labute approximate surface area is 67.6 Å². The first-order valence-corrected chi connectivity index (χ1v) is 4.55. The van der Waals surface area contributed by atoms with Crippen LogP contribution in [0.2, 0.25) is 0 Å². The number of hydrogen-bond donors (Lipinski definition) is 1. The molecule has 2 aliphatic rings. The maximum atomic E-state index is 5.68. The van der Waals surface area contributed by atoms with Crippen LogP contribution in [-0.2, 0) is 4.74 Å². The molecule has 0 saturated carbocycles. The van der Waals surface area contributed by atoms with Crippen molar-refractivity contribution >= 4 is 0 Å². The van der Waals surface area contributed by atoms with Crippen molar-refractivity contribution in [1.29, 1.82) is 0 Å². The van der Waals surface area contributed by atoms with Crippen LogP contribution in [0.4, 0.5) is 0 Å². The molecule has 1 aliphatic carbocycles. The summed E-state index contributed by atoms with van der Waals surface area (Å²) in [5.41, 5.74) is 1.38. The van der Waals surface area contributed by atoms with Crippen molar-refractivity contribution < 1.29 is 4.74 Å². The fraction of sp³-hybridized carbons (Fsp3) is 0.778. The Balaban J connectivity index is 2.03. The highest BCUT2D eigenvalue weighted by molar-refractivity contribution is 5.14. The zero-order chi connectivity index (χ0) is 7.68. The van der Waals surface area contributed by atoms with E-state index in [1.807, 2.05) is 0 Å². The summed E-state index contributed by atoms with van der Waals surface area (Å²) in [5.74, 6) is 1.24. The lowest BCUT2D eigenvalue weighted by Crippen LogP contribution is -2.22. The lowest BCUT2D eigenvalue weighted by molar-refractivity contribution is 0.118. The van der Waals surface area contributed by atoms with Crippen LogP contribution < -0.4 is 5.32 Å². The first-order chi connectivity index (χ1) is 5.40. The van der Waals surface area contributed by atoms with E-state index >= 15 is 0 Å². The minimum absolute atomic E-state index is 0.276. The highest BCUT2D eigenvalue weighted by atomic mass is 16.5. The number of rotatable bonds is 1. The third kappa shape index (κ3) is 1.22. The van der Waals surface area contributed by atoms with Crippen LogP contribution >= 0.6 is 0 Å². The monoisotopic (exact) mass is 153 g/mol. The van der Waals surface area contributed by atoms with Gasteiger partial charge >= 0.3 is 0 Å². The second-order valence-electron chi connectivity index (χ2n) is 3.27. The average Bonchev–Trinajstić information content (AvgIpc) is 2.46. The van der Waals surface area contributed by atoms with Gasteiger partial charge in [-0.2, -0.15) is 0 Å². The van der Waals surface area contributed by atoms with Crippen LogP contribution in [-0.4, -0.2) is 6.23 Å². The predicted octanol–water partition coefficient (Wildman–Crippen LogP) is 2.13. The second-order valence-corrected chi connectivity index (χ2v) is 3.27. The van der Waals surface area contributed by atoms with Crippen molar-refractivity contribution in [3.63, 3.8) is 0 Å². The Morgan fingerprint density at radius 2 is 2.27 bits per heavy atom. The molecule has 1 atom stereocenters. The van der Waals surface area contributed by atoms with Crippen LogP contribution in [0, 0.1) is 0 Å². The van der Waals surface area contributed by atoms with Gasteiger partial charge in [0.15, 0.2) is 6.23 Å². The maximum Gasteiger partial charge on any atom is 0.169 e. The van der Waals surface area contributed by atoms with E-state index < -0.39 is 0 Å². The molecule has 11 heavy (non-hydrogen) atoms. The van der Waals surface area contributed by atoms with E-state index in [-0.39, 0.29) is 6.23 Å². The minimum atomic E-state index is 0.276. The minimum Gasteiger partial charge on any atom is -0.473 e. The Morgan fingerprint density at radius 3 is 3.00 bits per heavy atom. The number of allylic oxidation sites excluding steroid dienone is 2. The number of ether oxygens (including phenoxy) is 1. The third-order valence-corrected chi connectivity index (χ3v) is 2.41. The molecule has 1 heterocycles. The molecule has 0 amide bonds. The molecule has 2 nitrogen and oxygen atoms in total. The maximum absolute atomic E-state index is 5.68. The molecule has 2 rings (SSSR count). The van der Waals surface area contributed by atoms with Gasteiger partial charge in [-0.05, 0) is 19.3 Å². The van der Waals surface area contributed by atoms with Gasteiger partial charge in [-0.25, -0.2) is 0 Å². The van der Waals surface area contributed by atoms with Gasteiger partial charge in [0, 0.05) is 12.8 Å². The van der Waals surface area contributed by atoms with E-state index in [2.05, 4.69) is 12.2 Å². The smallest absolute Gasteiger partial charge is 0.169 e. The Morgan fingerprint density at radius 1 is 1.45 bits per heavy atom. The van der Waals surface area contributed by atoms with Gasteiger partial charge < -0.3 is 10.1 Å². The molecular formula is C9H15NO. The van der Waals surface area contributed by atoms with Crippen molar-refractivity contribution in [2.24, 2.45) is 0 Å². The molecule has 0 aromatic heterocycles. The highest BCUT2D eigenvalue weighted by Gasteiger charge is 2.24. The molecule has 0 aromatic rings. The Hall–Kier alpha value is -0.660. The molecule has 0 fully saturated rings. The predicted molar refractivity (Wildman–Crippen MR) is 43.8 cm³/mol. The topological polar surface area (TPSA) is 21.3 Å². The largest absolute Gasteiger partial charge is 0.473 e. The highest BCUT2D eigenvalue weighted by Crippen LogP contribution is 2.29. The second kappa shape index (κ2) is 2.76. The van der Waals surface area contributed by atoms with E-state index in [1.165, 1.54) is 30.7 Å². The summed E-state index contributed by atoms with van der Waals surface area (Å²) in [6.07, 6.45) is 6.32. The van der Waals surface area contributed by atoms with Crippen LogP contribution in [0.15, 0.2) is 11.5 Å². The zero-order valence-electron chi connectivity index (χ0n) is 7.02. The van der Waals surface area contributed by atoms with Crippen LogP contribution in [0.5, 0.6) is 0 Å². The number of nitrogens with one attached hydrogen (secondary N) is 1. The molecule has 0 spiro atoms. The molecule has 0 saturated heterocycles. The van der Waals surface area contributed by atoms with E-state index in [0.29, 0.717) is 0 Å². The molecule has 1 N–H and O–H groups in total. The third-order valence-electron chi connectivity index (χ3n) is 2.41. The molecule has 0 aromatic carbocycles. The van der Waals surface area contributed by atoms with Crippen molar-refractivity contribution in [3.8, 4) is 0 Å². The fourth-order valence-corrected chi connectivity index (χ4v) is 1.74. The van der Waals surface area contributed by atoms with E-state index in [4.69, 9.17) is 4.74 Å². The van der Waals surface area contributed by atoms with E-state index in [1.54, 1.807) is 0 Å². The summed E-state index contributed by atoms with van der Waals surface area (Å²) in [7, 11) is 0. The van der Waals surface area contributed by atoms with E-state index in [9.17, 15) is 0 Å². The van der Waals surface area contributed by atoms with Gasteiger partial charge in [-0.15, -0.1) is 0 Å². The standard InChI is InChI=1S/C9H15NO/c1-2-9-10-7-5-3-4-6-8(7)11-9/h9-10H,2-6H2,1H3. The summed E-state index contributed by atoms with van der Waals surface area (Å²) in [6.45, 7) is 2.15. The van der Waals surface area contributed by atoms with Crippen molar-refractivity contribution in [2.45, 2.75) is 45.3 Å². The zero-order valence-corrected chi connectivity index (χ0v) is 7.02. The average molecular weight is 153 g/mol. The molecule has 1 unspecified atom stereocenters. The summed E-state index contributed by atoms with van der Waals surface area (Å²) in [4.78, 5) is 0. The summed E-state index contributed by atoms with van der Waals surface area (Å²) in [5, 5.41) is 3.40. The quantitative estimate of drug-likeness (QED) is 0.623. The normalized spacial score (nSPS) is 29.4. The lowest BCUT2D eigenvalue weighted by atomic mass is 10.0. The van der Waals surface area contributed by atoms with Gasteiger partial charge in [0.1, 0.15) is 5.76 Å². The molecule has 0 radical (unpaired) electrons. The molecular weight excluding hydrogens is 138 g/mol. The first-order valence-electron chi connectivity index (χ1n) is 4.55. The van der Waals surface area contributed by atoms with Crippen LogP contribution in [0.1, 0.15) is 39.0 Å². The molecule has 62 valence electrons. The lowest BCUT2D eigenvalue weighted by Gasteiger charge is -2.10. The molecule has 1 aliphatic heterocycles. The van der Waals surface area contributed by atoms with Crippen LogP contribution in [0.3, 0.4) is 0 Å². The van der Waals surface area contributed by atoms with Crippen molar-refractivity contribution in [3.05, 3.63) is 11.5 Å². The summed E-state index contributed by atoms with van der Waals surface area (Å²) in [6, 6.07) is 0. The first kappa shape index (κ1) is 7.01. The SMILES string of the molecule is CCC1NC2=C(CCCC2)O1. The van der Waals surface area contributed by atoms with Crippen molar-refractivity contribution in [1.82, 2.24) is 5.32 Å². The molecule has 0 bridgehead atoms.